The SMILES string of the molecule is C=CCOn1cc(C(=O)NC(Cc2ccc(-c3cc(Cl)ccc3F)cc2)CC(O)C(=O)OCC)nn1. The van der Waals surface area contributed by atoms with Crippen LogP contribution in [0.15, 0.2) is 61.3 Å². The van der Waals surface area contributed by atoms with Crippen LogP contribution in [0.5, 0.6) is 0 Å². The van der Waals surface area contributed by atoms with Crippen LogP contribution in [0.2, 0.25) is 5.02 Å². The Labute approximate surface area is 212 Å². The minimum atomic E-state index is -1.44. The molecular weight excluding hydrogens is 491 g/mol. The number of aliphatic hydroxyl groups excluding tert-OH is 1. The third-order valence-corrected chi connectivity index (χ3v) is 5.34. The molecule has 0 bridgehead atoms. The number of nitrogens with one attached hydrogen (secondary N) is 1. The van der Waals surface area contributed by atoms with Gasteiger partial charge in [0.2, 0.25) is 0 Å². The molecule has 2 N–H and O–H groups in total. The average molecular weight is 517 g/mol. The number of esters is 1. The van der Waals surface area contributed by atoms with Crippen molar-refractivity contribution in [2.24, 2.45) is 0 Å². The molecular formula is C25H26ClFN4O5. The van der Waals surface area contributed by atoms with E-state index in [0.29, 0.717) is 16.1 Å². The summed E-state index contributed by atoms with van der Waals surface area (Å²) in [6.45, 7) is 5.45. The lowest BCUT2D eigenvalue weighted by Gasteiger charge is -2.21. The van der Waals surface area contributed by atoms with Gasteiger partial charge in [-0.15, -0.1) is 5.10 Å². The van der Waals surface area contributed by atoms with Gasteiger partial charge in [-0.2, -0.15) is 0 Å². The van der Waals surface area contributed by atoms with E-state index >= 15 is 0 Å². The zero-order valence-corrected chi connectivity index (χ0v) is 20.3. The van der Waals surface area contributed by atoms with E-state index in [1.807, 2.05) is 0 Å². The van der Waals surface area contributed by atoms with E-state index in [4.69, 9.17) is 21.2 Å². The first-order valence-electron chi connectivity index (χ1n) is 11.2. The lowest BCUT2D eigenvalue weighted by molar-refractivity contribution is -0.153. The second-order valence-corrected chi connectivity index (χ2v) is 8.23. The Morgan fingerprint density at radius 2 is 2.03 bits per heavy atom. The molecule has 11 heteroatoms. The van der Waals surface area contributed by atoms with Crippen molar-refractivity contribution >= 4 is 23.5 Å². The van der Waals surface area contributed by atoms with Crippen LogP contribution in [-0.4, -0.2) is 57.5 Å². The van der Waals surface area contributed by atoms with Crippen LogP contribution in [-0.2, 0) is 16.0 Å². The zero-order valence-electron chi connectivity index (χ0n) is 19.6. The van der Waals surface area contributed by atoms with E-state index in [9.17, 15) is 19.1 Å². The molecule has 0 aliphatic rings. The number of aromatic nitrogens is 3. The van der Waals surface area contributed by atoms with Gasteiger partial charge in [-0.25, -0.2) is 9.18 Å². The Morgan fingerprint density at radius 1 is 1.28 bits per heavy atom. The van der Waals surface area contributed by atoms with Crippen LogP contribution < -0.4 is 10.2 Å². The Balaban J connectivity index is 1.76. The van der Waals surface area contributed by atoms with Crippen molar-refractivity contribution in [3.63, 3.8) is 0 Å². The predicted octanol–water partition coefficient (Wildman–Crippen LogP) is 3.01. The molecule has 36 heavy (non-hydrogen) atoms. The van der Waals surface area contributed by atoms with Gasteiger partial charge in [0.1, 0.15) is 18.6 Å². The number of halogens is 2. The number of hydrogen-bond donors (Lipinski definition) is 2. The Hall–Kier alpha value is -3.76. The number of carbonyl (C=O) groups is 2. The molecule has 2 aromatic carbocycles. The second kappa shape index (κ2) is 12.8. The minimum Gasteiger partial charge on any atom is -0.464 e. The van der Waals surface area contributed by atoms with Crippen molar-refractivity contribution < 1.29 is 28.7 Å². The molecule has 1 heterocycles. The van der Waals surface area contributed by atoms with Gasteiger partial charge in [-0.1, -0.05) is 53.4 Å². The summed E-state index contributed by atoms with van der Waals surface area (Å²) >= 11 is 6.00. The van der Waals surface area contributed by atoms with Gasteiger partial charge in [0, 0.05) is 23.0 Å². The van der Waals surface area contributed by atoms with E-state index in [-0.39, 0.29) is 31.7 Å². The third kappa shape index (κ3) is 7.37. The highest BCUT2D eigenvalue weighted by Crippen LogP contribution is 2.26. The number of nitrogens with zero attached hydrogens (tertiary/aromatic N) is 3. The summed E-state index contributed by atoms with van der Waals surface area (Å²) in [5.74, 6) is -1.76. The number of hydrogen-bond acceptors (Lipinski definition) is 7. The quantitative estimate of drug-likeness (QED) is 0.281. The third-order valence-electron chi connectivity index (χ3n) is 5.11. The van der Waals surface area contributed by atoms with Crippen LogP contribution in [0.25, 0.3) is 11.1 Å². The van der Waals surface area contributed by atoms with Crippen LogP contribution in [0.4, 0.5) is 4.39 Å². The normalized spacial score (nSPS) is 12.4. The van der Waals surface area contributed by atoms with Crippen LogP contribution in [0, 0.1) is 5.82 Å². The molecule has 0 aliphatic heterocycles. The largest absolute Gasteiger partial charge is 0.464 e. The van der Waals surface area contributed by atoms with Crippen LogP contribution in [0.3, 0.4) is 0 Å². The summed E-state index contributed by atoms with van der Waals surface area (Å²) in [7, 11) is 0. The summed E-state index contributed by atoms with van der Waals surface area (Å²) in [5.41, 5.74) is 1.75. The average Bonchev–Trinajstić information content (AvgIpc) is 3.34. The van der Waals surface area contributed by atoms with Crippen molar-refractivity contribution in [1.29, 1.82) is 0 Å². The molecule has 1 aromatic heterocycles. The zero-order chi connectivity index (χ0) is 26.1. The highest BCUT2D eigenvalue weighted by atomic mass is 35.5. The Kier molecular flexibility index (Phi) is 9.54. The van der Waals surface area contributed by atoms with E-state index < -0.39 is 29.8 Å². The van der Waals surface area contributed by atoms with E-state index in [0.717, 1.165) is 10.4 Å². The maximum atomic E-state index is 14.2. The van der Waals surface area contributed by atoms with E-state index in [1.54, 1.807) is 31.2 Å². The van der Waals surface area contributed by atoms with E-state index in [2.05, 4.69) is 22.2 Å². The standard InChI is InChI=1S/C25H26ClFN4O5/c1-3-11-36-31-15-22(29-30-31)24(33)28-19(14-23(32)25(34)35-4-2)12-16-5-7-17(8-6-16)20-13-18(26)9-10-21(20)27/h3,5-10,13,15,19,23,32H,1,4,11-12,14H2,2H3,(H,28,33). The summed E-state index contributed by atoms with van der Waals surface area (Å²) in [6, 6.07) is 10.6. The molecule has 0 spiro atoms. The molecule has 2 atom stereocenters. The fraction of sp³-hybridized carbons (Fsp3) is 0.280. The monoisotopic (exact) mass is 516 g/mol. The highest BCUT2D eigenvalue weighted by molar-refractivity contribution is 6.30. The summed E-state index contributed by atoms with van der Waals surface area (Å²) in [6.07, 6.45) is 1.53. The highest BCUT2D eigenvalue weighted by Gasteiger charge is 2.25. The summed E-state index contributed by atoms with van der Waals surface area (Å²) in [4.78, 5) is 30.9. The molecule has 0 saturated carbocycles. The molecule has 2 unspecified atom stereocenters. The summed E-state index contributed by atoms with van der Waals surface area (Å²) in [5, 5.41) is 20.9. The lowest BCUT2D eigenvalue weighted by atomic mass is 9.97. The minimum absolute atomic E-state index is 0.0125. The maximum Gasteiger partial charge on any atom is 0.335 e. The van der Waals surface area contributed by atoms with E-state index in [1.165, 1.54) is 30.5 Å². The molecule has 0 radical (unpaired) electrons. The number of aliphatic hydroxyl groups is 1. The van der Waals surface area contributed by atoms with Gasteiger partial charge in [-0.3, -0.25) is 4.79 Å². The number of amides is 1. The smallest absolute Gasteiger partial charge is 0.335 e. The number of benzene rings is 2. The fourth-order valence-corrected chi connectivity index (χ4v) is 3.60. The lowest BCUT2D eigenvalue weighted by Crippen LogP contribution is -2.41. The summed E-state index contributed by atoms with van der Waals surface area (Å²) < 4.78 is 19.1. The molecule has 0 aliphatic carbocycles. The Morgan fingerprint density at radius 3 is 2.72 bits per heavy atom. The fourth-order valence-electron chi connectivity index (χ4n) is 3.43. The topological polar surface area (TPSA) is 116 Å². The number of rotatable bonds is 12. The Bertz CT molecular complexity index is 1200. The van der Waals surface area contributed by atoms with Gasteiger partial charge < -0.3 is 20.0 Å². The van der Waals surface area contributed by atoms with Crippen molar-refractivity contribution in [2.75, 3.05) is 13.2 Å². The molecule has 190 valence electrons. The first-order chi connectivity index (χ1) is 17.3. The van der Waals surface area contributed by atoms with Gasteiger partial charge in [0.05, 0.1) is 6.61 Å². The molecule has 0 fully saturated rings. The first kappa shape index (κ1) is 26.8. The molecule has 9 nitrogen and oxygen atoms in total. The molecule has 0 saturated heterocycles. The maximum absolute atomic E-state index is 14.2. The molecule has 3 rings (SSSR count). The predicted molar refractivity (Wildman–Crippen MR) is 131 cm³/mol. The van der Waals surface area contributed by atoms with Gasteiger partial charge in [0.15, 0.2) is 11.8 Å². The van der Waals surface area contributed by atoms with Crippen molar-refractivity contribution in [3.8, 4) is 11.1 Å². The van der Waals surface area contributed by atoms with Gasteiger partial charge in [-0.05, 0) is 47.9 Å². The van der Waals surface area contributed by atoms with Gasteiger partial charge in [0.25, 0.3) is 5.91 Å². The second-order valence-electron chi connectivity index (χ2n) is 7.79. The number of ether oxygens (including phenoxy) is 1. The van der Waals surface area contributed by atoms with Crippen molar-refractivity contribution in [3.05, 3.63) is 83.4 Å². The van der Waals surface area contributed by atoms with Crippen LogP contribution >= 0.6 is 11.6 Å². The first-order valence-corrected chi connectivity index (χ1v) is 11.5. The molecule has 3 aromatic rings. The van der Waals surface area contributed by atoms with Crippen LogP contribution in [0.1, 0.15) is 29.4 Å². The van der Waals surface area contributed by atoms with Crippen molar-refractivity contribution in [2.45, 2.75) is 31.9 Å². The molecule has 1 amide bonds. The van der Waals surface area contributed by atoms with Crippen molar-refractivity contribution in [1.82, 2.24) is 20.5 Å². The number of carbonyl (C=O) groups excluding carboxylic acids is 2. The van der Waals surface area contributed by atoms with Gasteiger partial charge >= 0.3 is 5.97 Å².